The molecule has 0 bridgehead atoms. The zero-order valence-electron chi connectivity index (χ0n) is 23.1. The van der Waals surface area contributed by atoms with Crippen LogP contribution in [-0.4, -0.2) is 52.5 Å². The number of nitrogens with one attached hydrogen (secondary N) is 2. The molecule has 2 aromatic heterocycles. The molecular weight excluding hydrogens is 584 g/mol. The Morgan fingerprint density at radius 3 is 2.15 bits per heavy atom. The van der Waals surface area contributed by atoms with Crippen LogP contribution in [0, 0.1) is 0 Å². The SMILES string of the molecule is CC[N+](CC)(c1ncccc1CNc1nc(Nc2ccc(C(C)(C)P(=O)(O)O)cc2)ncc1C(F)(F)F)S(C)(=O)=O. The summed E-state index contributed by atoms with van der Waals surface area (Å²) in [7, 11) is -8.15. The van der Waals surface area contributed by atoms with E-state index in [-0.39, 0.29) is 31.4 Å². The van der Waals surface area contributed by atoms with Gasteiger partial charge in [0, 0.05) is 24.6 Å². The highest BCUT2D eigenvalue weighted by Gasteiger charge is 2.42. The molecule has 0 saturated carbocycles. The van der Waals surface area contributed by atoms with Crippen molar-refractivity contribution in [1.29, 1.82) is 0 Å². The smallest absolute Gasteiger partial charge is 0.365 e. The molecule has 0 unspecified atom stereocenters. The molecule has 1 aromatic carbocycles. The van der Waals surface area contributed by atoms with Crippen molar-refractivity contribution >= 4 is 40.9 Å². The van der Waals surface area contributed by atoms with Crippen LogP contribution >= 0.6 is 7.60 Å². The standard InChI is InChI=1S/C25H32F3N6O5PS/c1-6-34(7-2,41(5,38)39)22-17(9-8-14-29-22)15-30-21-20(25(26,27)28)16-31-23(33-21)32-19-12-10-18(11-13-19)24(3,4)40(35,36)37/h8-14,16H,6-7,15H2,1-5H3,(H3-,30,31,32,33,35,36,37)/p+1. The fourth-order valence-corrected chi connectivity index (χ4v) is 6.21. The summed E-state index contributed by atoms with van der Waals surface area (Å²) in [5, 5.41) is 4.03. The number of rotatable bonds is 11. The molecule has 4 N–H and O–H groups in total. The molecule has 11 nitrogen and oxygen atoms in total. The van der Waals surface area contributed by atoms with E-state index in [9.17, 15) is 35.9 Å². The summed E-state index contributed by atoms with van der Waals surface area (Å²) in [4.78, 5) is 31.4. The van der Waals surface area contributed by atoms with Gasteiger partial charge in [0.1, 0.15) is 11.4 Å². The first-order valence-corrected chi connectivity index (χ1v) is 16.0. The van der Waals surface area contributed by atoms with E-state index in [0.29, 0.717) is 23.0 Å². The molecule has 2 heterocycles. The Balaban J connectivity index is 1.95. The van der Waals surface area contributed by atoms with E-state index in [1.165, 1.54) is 44.3 Å². The molecule has 16 heteroatoms. The Morgan fingerprint density at radius 1 is 1.02 bits per heavy atom. The number of anilines is 3. The lowest BCUT2D eigenvalue weighted by molar-refractivity contribution is -0.137. The van der Waals surface area contributed by atoms with Gasteiger partial charge in [-0.3, -0.25) is 4.57 Å². The lowest BCUT2D eigenvalue weighted by atomic mass is 10.0. The fourth-order valence-electron chi connectivity index (χ4n) is 4.31. The number of sulfonamides is 1. The minimum Gasteiger partial charge on any atom is -0.365 e. The van der Waals surface area contributed by atoms with Gasteiger partial charge in [0.2, 0.25) is 11.8 Å². The van der Waals surface area contributed by atoms with Crippen LogP contribution in [0.2, 0.25) is 0 Å². The highest BCUT2D eigenvalue weighted by molar-refractivity contribution is 7.90. The second-order valence-electron chi connectivity index (χ2n) is 9.85. The largest absolute Gasteiger partial charge is 0.421 e. The van der Waals surface area contributed by atoms with Crippen LogP contribution in [0.25, 0.3) is 0 Å². The first-order chi connectivity index (χ1) is 18.9. The highest BCUT2D eigenvalue weighted by atomic mass is 32.2. The fraction of sp³-hybridized carbons (Fsp3) is 0.400. The summed E-state index contributed by atoms with van der Waals surface area (Å²) >= 11 is 0. The van der Waals surface area contributed by atoms with Crippen LogP contribution < -0.4 is 14.5 Å². The number of alkyl halides is 3. The van der Waals surface area contributed by atoms with Gasteiger partial charge in [-0.15, -0.1) is 0 Å². The zero-order valence-corrected chi connectivity index (χ0v) is 24.8. The van der Waals surface area contributed by atoms with Gasteiger partial charge in [0.05, 0.1) is 30.1 Å². The Hall–Kier alpha value is -3.10. The molecule has 0 fully saturated rings. The van der Waals surface area contributed by atoms with E-state index in [1.54, 1.807) is 26.0 Å². The van der Waals surface area contributed by atoms with E-state index in [4.69, 9.17) is 0 Å². The minimum absolute atomic E-state index is 0.166. The normalized spacial score (nSPS) is 13.2. The van der Waals surface area contributed by atoms with Crippen LogP contribution in [0.1, 0.15) is 44.4 Å². The number of nitrogens with zero attached hydrogens (tertiary/aromatic N) is 4. The Kier molecular flexibility index (Phi) is 9.21. The van der Waals surface area contributed by atoms with Crippen LogP contribution in [0.5, 0.6) is 0 Å². The molecule has 0 spiro atoms. The van der Waals surface area contributed by atoms with Gasteiger partial charge in [-0.05, 0) is 57.5 Å². The van der Waals surface area contributed by atoms with Gasteiger partial charge < -0.3 is 20.4 Å². The first-order valence-electron chi connectivity index (χ1n) is 12.5. The van der Waals surface area contributed by atoms with Crippen molar-refractivity contribution in [2.24, 2.45) is 0 Å². The van der Waals surface area contributed by atoms with Gasteiger partial charge in [0.15, 0.2) is 0 Å². The average molecular weight is 618 g/mol. The topological polar surface area (TPSA) is 154 Å². The van der Waals surface area contributed by atoms with E-state index < -0.39 is 44.2 Å². The molecule has 224 valence electrons. The molecule has 0 atom stereocenters. The molecule has 0 amide bonds. The van der Waals surface area contributed by atoms with Gasteiger partial charge >= 0.3 is 13.8 Å². The van der Waals surface area contributed by atoms with Crippen molar-refractivity contribution < 1.29 is 35.9 Å². The van der Waals surface area contributed by atoms with Gasteiger partial charge in [0.25, 0.3) is 10.0 Å². The number of pyridine rings is 1. The van der Waals surface area contributed by atoms with Crippen LogP contribution in [0.4, 0.5) is 36.4 Å². The molecule has 41 heavy (non-hydrogen) atoms. The molecule has 0 aliphatic rings. The van der Waals surface area contributed by atoms with Gasteiger partial charge in [-0.25, -0.2) is 9.97 Å². The maximum absolute atomic E-state index is 13.8. The van der Waals surface area contributed by atoms with Crippen molar-refractivity contribution in [2.45, 2.75) is 45.6 Å². The predicted molar refractivity (Wildman–Crippen MR) is 151 cm³/mol. The number of hydrogen-bond donors (Lipinski definition) is 4. The average Bonchev–Trinajstić information content (AvgIpc) is 2.87. The molecule has 3 aromatic rings. The highest BCUT2D eigenvalue weighted by Crippen LogP contribution is 2.56. The Bertz CT molecular complexity index is 1540. The van der Waals surface area contributed by atoms with E-state index >= 15 is 0 Å². The second-order valence-corrected chi connectivity index (χ2v) is 14.2. The number of hydrogen-bond acceptors (Lipinski definition) is 8. The summed E-state index contributed by atoms with van der Waals surface area (Å²) in [6, 6.07) is 9.14. The Morgan fingerprint density at radius 2 is 1.63 bits per heavy atom. The third kappa shape index (κ3) is 6.70. The van der Waals surface area contributed by atoms with Crippen molar-refractivity contribution in [2.75, 3.05) is 30.0 Å². The maximum Gasteiger partial charge on any atom is 0.421 e. The third-order valence-electron chi connectivity index (χ3n) is 7.03. The van der Waals surface area contributed by atoms with Crippen molar-refractivity contribution in [3.8, 4) is 0 Å². The van der Waals surface area contributed by atoms with Crippen molar-refractivity contribution in [3.63, 3.8) is 0 Å². The molecule has 0 aliphatic carbocycles. The summed E-state index contributed by atoms with van der Waals surface area (Å²) in [5.74, 6) is -0.501. The molecule has 0 saturated heterocycles. The van der Waals surface area contributed by atoms with E-state index in [0.717, 1.165) is 6.26 Å². The second kappa shape index (κ2) is 11.6. The first kappa shape index (κ1) is 32.4. The molecule has 3 rings (SSSR count). The molecular formula is C25H33F3N6O5PS+. The lowest BCUT2D eigenvalue weighted by Gasteiger charge is -2.33. The Labute approximate surface area is 236 Å². The van der Waals surface area contributed by atoms with Crippen LogP contribution in [-0.2, 0) is 32.5 Å². The summed E-state index contributed by atoms with van der Waals surface area (Å²) in [5.41, 5.74) is -0.00747. The van der Waals surface area contributed by atoms with Crippen LogP contribution in [0.3, 0.4) is 0 Å². The third-order valence-corrected chi connectivity index (χ3v) is 10.7. The summed E-state index contributed by atoms with van der Waals surface area (Å²) in [6.45, 7) is 6.32. The molecule has 0 aliphatic heterocycles. The minimum atomic E-state index is -4.78. The number of halogens is 3. The predicted octanol–water partition coefficient (Wildman–Crippen LogP) is 4.97. The van der Waals surface area contributed by atoms with Crippen molar-refractivity contribution in [3.05, 3.63) is 65.5 Å². The van der Waals surface area contributed by atoms with E-state index in [2.05, 4.69) is 25.6 Å². The maximum atomic E-state index is 13.8. The summed E-state index contributed by atoms with van der Waals surface area (Å²) in [6.07, 6.45) is -1.63. The number of aromatic nitrogens is 3. The van der Waals surface area contributed by atoms with Gasteiger partial charge in [-0.1, -0.05) is 12.1 Å². The number of quaternary nitrogens is 1. The monoisotopic (exact) mass is 617 g/mol. The quantitative estimate of drug-likeness (QED) is 0.171. The zero-order chi connectivity index (χ0) is 30.9. The van der Waals surface area contributed by atoms with Crippen LogP contribution in [0.15, 0.2) is 48.8 Å². The van der Waals surface area contributed by atoms with Gasteiger partial charge in [-0.2, -0.15) is 30.5 Å². The van der Waals surface area contributed by atoms with Crippen molar-refractivity contribution in [1.82, 2.24) is 18.8 Å². The lowest BCUT2D eigenvalue weighted by Crippen LogP contribution is -2.54. The van der Waals surface area contributed by atoms with E-state index in [1.807, 2.05) is 0 Å². The number of benzene rings is 1. The summed E-state index contributed by atoms with van der Waals surface area (Å²) < 4.78 is 78.3. The molecule has 0 radical (unpaired) electrons.